The van der Waals surface area contributed by atoms with Gasteiger partial charge in [0.05, 0.1) is 5.56 Å². The molecule has 5 nitrogen and oxygen atoms in total. The van der Waals surface area contributed by atoms with Gasteiger partial charge < -0.3 is 15.1 Å². The number of anilines is 2. The second-order valence-corrected chi connectivity index (χ2v) is 6.78. The Bertz CT molecular complexity index is 696. The number of aromatic nitrogens is 1. The number of para-hydroxylation sites is 1. The van der Waals surface area contributed by atoms with Crippen molar-refractivity contribution in [2.24, 2.45) is 0 Å². The molecule has 1 saturated heterocycles. The van der Waals surface area contributed by atoms with Crippen molar-refractivity contribution in [3.05, 3.63) is 54.2 Å². The van der Waals surface area contributed by atoms with Crippen LogP contribution in [0.2, 0.25) is 0 Å². The molecule has 1 fully saturated rings. The fourth-order valence-electron chi connectivity index (χ4n) is 3.47. The summed E-state index contributed by atoms with van der Waals surface area (Å²) in [5.41, 5.74) is 1.74. The van der Waals surface area contributed by atoms with Crippen molar-refractivity contribution in [3.8, 4) is 0 Å². The highest BCUT2D eigenvalue weighted by Crippen LogP contribution is 2.22. The average molecular weight is 352 g/mol. The molecule has 1 aliphatic heterocycles. The quantitative estimate of drug-likeness (QED) is 0.865. The molecule has 2 aromatic rings. The van der Waals surface area contributed by atoms with Crippen molar-refractivity contribution in [2.75, 3.05) is 31.6 Å². The number of benzene rings is 1. The fraction of sp³-hybridized carbons (Fsp3) is 0.429. The van der Waals surface area contributed by atoms with Gasteiger partial charge in [-0.05, 0) is 56.6 Å². The third-order valence-corrected chi connectivity index (χ3v) is 4.96. The molecule has 0 aliphatic carbocycles. The van der Waals surface area contributed by atoms with E-state index in [-0.39, 0.29) is 5.91 Å². The zero-order valence-electron chi connectivity index (χ0n) is 15.7. The van der Waals surface area contributed by atoms with Gasteiger partial charge in [0.15, 0.2) is 0 Å². The monoisotopic (exact) mass is 352 g/mol. The molecule has 3 rings (SSSR count). The number of hydrogen-bond acceptors (Lipinski definition) is 4. The SMILES string of the molecule is CCCN(C(=O)c1ccc(N(C)c2ccccc2)nc1)C1CCNCC1. The Morgan fingerprint density at radius 1 is 1.15 bits per heavy atom. The van der Waals surface area contributed by atoms with Gasteiger partial charge in [-0.2, -0.15) is 0 Å². The molecule has 26 heavy (non-hydrogen) atoms. The maximum Gasteiger partial charge on any atom is 0.255 e. The lowest BCUT2D eigenvalue weighted by atomic mass is 10.0. The van der Waals surface area contributed by atoms with Gasteiger partial charge in [0.2, 0.25) is 0 Å². The van der Waals surface area contributed by atoms with Crippen LogP contribution in [0.15, 0.2) is 48.7 Å². The van der Waals surface area contributed by atoms with Gasteiger partial charge in [0, 0.05) is 31.5 Å². The van der Waals surface area contributed by atoms with Crippen LogP contribution in [0.4, 0.5) is 11.5 Å². The van der Waals surface area contributed by atoms with Crippen molar-refractivity contribution < 1.29 is 4.79 Å². The number of carbonyl (C=O) groups excluding carboxylic acids is 1. The van der Waals surface area contributed by atoms with E-state index in [1.165, 1.54) is 0 Å². The van der Waals surface area contributed by atoms with Crippen LogP contribution in [0.1, 0.15) is 36.5 Å². The maximum atomic E-state index is 13.0. The van der Waals surface area contributed by atoms with Crippen LogP contribution in [-0.4, -0.2) is 48.5 Å². The van der Waals surface area contributed by atoms with Crippen molar-refractivity contribution in [3.63, 3.8) is 0 Å². The number of nitrogens with one attached hydrogen (secondary N) is 1. The molecule has 0 atom stereocenters. The van der Waals surface area contributed by atoms with E-state index in [1.807, 2.05) is 59.3 Å². The third kappa shape index (κ3) is 4.22. The van der Waals surface area contributed by atoms with E-state index in [2.05, 4.69) is 17.2 Å². The molecule has 138 valence electrons. The molecule has 1 aromatic heterocycles. The Balaban J connectivity index is 1.74. The first-order valence-electron chi connectivity index (χ1n) is 9.47. The molecule has 1 aromatic carbocycles. The largest absolute Gasteiger partial charge is 0.336 e. The topological polar surface area (TPSA) is 48.5 Å². The predicted molar refractivity (Wildman–Crippen MR) is 106 cm³/mol. The van der Waals surface area contributed by atoms with Crippen LogP contribution in [0.5, 0.6) is 0 Å². The molecule has 0 radical (unpaired) electrons. The first-order valence-corrected chi connectivity index (χ1v) is 9.47. The Labute approximate surface area is 156 Å². The number of pyridine rings is 1. The number of piperidine rings is 1. The van der Waals surface area contributed by atoms with Gasteiger partial charge in [0.25, 0.3) is 5.91 Å². The lowest BCUT2D eigenvalue weighted by Crippen LogP contribution is -2.46. The molecule has 5 heteroatoms. The summed E-state index contributed by atoms with van der Waals surface area (Å²) in [5.74, 6) is 0.928. The first kappa shape index (κ1) is 18.4. The average Bonchev–Trinajstić information content (AvgIpc) is 2.72. The molecule has 1 aliphatic rings. The molecule has 0 saturated carbocycles. The first-order chi connectivity index (χ1) is 12.7. The van der Waals surface area contributed by atoms with Crippen LogP contribution in [0.3, 0.4) is 0 Å². The summed E-state index contributed by atoms with van der Waals surface area (Å²) in [4.78, 5) is 21.6. The summed E-state index contributed by atoms with van der Waals surface area (Å²) in [6.07, 6.45) is 4.72. The second kappa shape index (κ2) is 8.81. The van der Waals surface area contributed by atoms with E-state index < -0.39 is 0 Å². The molecule has 1 amide bonds. The number of amides is 1. The normalized spacial score (nSPS) is 14.8. The fourth-order valence-corrected chi connectivity index (χ4v) is 3.47. The van der Waals surface area contributed by atoms with Gasteiger partial charge in [-0.1, -0.05) is 25.1 Å². The highest BCUT2D eigenvalue weighted by molar-refractivity contribution is 5.94. The lowest BCUT2D eigenvalue weighted by Gasteiger charge is -2.34. The Kier molecular flexibility index (Phi) is 6.23. The van der Waals surface area contributed by atoms with Crippen molar-refractivity contribution in [1.82, 2.24) is 15.2 Å². The van der Waals surface area contributed by atoms with Crippen LogP contribution in [0, 0.1) is 0 Å². The van der Waals surface area contributed by atoms with E-state index in [0.717, 1.165) is 50.4 Å². The Morgan fingerprint density at radius 2 is 1.88 bits per heavy atom. The zero-order valence-corrected chi connectivity index (χ0v) is 15.7. The minimum absolute atomic E-state index is 0.0974. The van der Waals surface area contributed by atoms with Crippen LogP contribution in [-0.2, 0) is 0 Å². The summed E-state index contributed by atoms with van der Waals surface area (Å²) in [6.45, 7) is 4.89. The van der Waals surface area contributed by atoms with E-state index in [1.54, 1.807) is 6.20 Å². The van der Waals surface area contributed by atoms with Crippen molar-refractivity contribution >= 4 is 17.4 Å². The van der Waals surface area contributed by atoms with Crippen molar-refractivity contribution in [1.29, 1.82) is 0 Å². The molecule has 0 bridgehead atoms. The molecular weight excluding hydrogens is 324 g/mol. The van der Waals surface area contributed by atoms with Gasteiger partial charge in [0.1, 0.15) is 5.82 Å². The lowest BCUT2D eigenvalue weighted by molar-refractivity contribution is 0.0642. The molecule has 2 heterocycles. The Hall–Kier alpha value is -2.40. The Morgan fingerprint density at radius 3 is 2.50 bits per heavy atom. The van der Waals surface area contributed by atoms with E-state index in [9.17, 15) is 4.79 Å². The highest BCUT2D eigenvalue weighted by Gasteiger charge is 2.25. The summed E-state index contributed by atoms with van der Waals surface area (Å²) >= 11 is 0. The van der Waals surface area contributed by atoms with E-state index >= 15 is 0 Å². The van der Waals surface area contributed by atoms with Crippen LogP contribution in [0.25, 0.3) is 0 Å². The van der Waals surface area contributed by atoms with Crippen molar-refractivity contribution in [2.45, 2.75) is 32.2 Å². The van der Waals surface area contributed by atoms with Gasteiger partial charge in [-0.25, -0.2) is 4.98 Å². The standard InChI is InChI=1S/C21H28N4O/c1-3-15-25(19-11-13-22-14-12-19)21(26)17-9-10-20(23-16-17)24(2)18-7-5-4-6-8-18/h4-10,16,19,22H,3,11-15H2,1-2H3. The summed E-state index contributed by atoms with van der Waals surface area (Å²) < 4.78 is 0. The minimum Gasteiger partial charge on any atom is -0.336 e. The molecule has 0 unspecified atom stereocenters. The van der Waals surface area contributed by atoms with E-state index in [0.29, 0.717) is 11.6 Å². The van der Waals surface area contributed by atoms with E-state index in [4.69, 9.17) is 0 Å². The summed E-state index contributed by atoms with van der Waals surface area (Å²) in [5, 5.41) is 3.37. The molecular formula is C21H28N4O. The predicted octanol–water partition coefficient (Wildman–Crippen LogP) is 3.45. The number of rotatable bonds is 6. The third-order valence-electron chi connectivity index (χ3n) is 4.96. The number of hydrogen-bond donors (Lipinski definition) is 1. The summed E-state index contributed by atoms with van der Waals surface area (Å²) in [7, 11) is 1.98. The molecule has 0 spiro atoms. The number of nitrogens with zero attached hydrogens (tertiary/aromatic N) is 3. The minimum atomic E-state index is 0.0974. The molecule has 1 N–H and O–H groups in total. The maximum absolute atomic E-state index is 13.0. The second-order valence-electron chi connectivity index (χ2n) is 6.78. The van der Waals surface area contributed by atoms with Crippen LogP contribution < -0.4 is 10.2 Å². The van der Waals surface area contributed by atoms with Gasteiger partial charge in [-0.15, -0.1) is 0 Å². The van der Waals surface area contributed by atoms with Gasteiger partial charge >= 0.3 is 0 Å². The van der Waals surface area contributed by atoms with Crippen LogP contribution >= 0.6 is 0 Å². The van der Waals surface area contributed by atoms with Gasteiger partial charge in [-0.3, -0.25) is 4.79 Å². The number of carbonyl (C=O) groups is 1. The highest BCUT2D eigenvalue weighted by atomic mass is 16.2. The summed E-state index contributed by atoms with van der Waals surface area (Å²) in [6, 6.07) is 14.2. The smallest absolute Gasteiger partial charge is 0.255 e. The zero-order chi connectivity index (χ0) is 18.4.